The number of piperidine rings is 1. The van der Waals surface area contributed by atoms with Crippen molar-refractivity contribution in [3.63, 3.8) is 0 Å². The second kappa shape index (κ2) is 14.0. The highest BCUT2D eigenvalue weighted by molar-refractivity contribution is 7.19. The molecule has 1 aliphatic heterocycles. The monoisotopic (exact) mass is 680 g/mol. The number of ether oxygens (including phenoxy) is 1. The van der Waals surface area contributed by atoms with E-state index in [2.05, 4.69) is 34.2 Å². The van der Waals surface area contributed by atoms with Gasteiger partial charge < -0.3 is 28.9 Å². The van der Waals surface area contributed by atoms with Gasteiger partial charge in [-0.25, -0.2) is 4.98 Å². The zero-order chi connectivity index (χ0) is 33.2. The summed E-state index contributed by atoms with van der Waals surface area (Å²) in [7, 11) is 1.56. The van der Waals surface area contributed by atoms with Gasteiger partial charge in [-0.2, -0.15) is 13.2 Å². The van der Waals surface area contributed by atoms with Crippen molar-refractivity contribution in [3.8, 4) is 16.4 Å². The number of carbonyl (C=O) groups excluding carboxylic acids is 2. The van der Waals surface area contributed by atoms with Crippen molar-refractivity contribution in [1.82, 2.24) is 29.8 Å². The molecule has 0 spiro atoms. The summed E-state index contributed by atoms with van der Waals surface area (Å²) in [6.45, 7) is 6.60. The normalized spacial score (nSPS) is 14.7. The van der Waals surface area contributed by atoms with Crippen molar-refractivity contribution in [2.24, 2.45) is 0 Å². The molecule has 0 saturated carbocycles. The van der Waals surface area contributed by atoms with Gasteiger partial charge in [0.15, 0.2) is 18.2 Å². The predicted molar refractivity (Wildman–Crippen MR) is 170 cm³/mol. The van der Waals surface area contributed by atoms with E-state index in [9.17, 15) is 22.8 Å². The van der Waals surface area contributed by atoms with E-state index < -0.39 is 24.6 Å². The molecule has 2 amide bonds. The number of fused-ring (bicyclic) bond motifs is 1. The van der Waals surface area contributed by atoms with Gasteiger partial charge in [0, 0.05) is 44.8 Å². The van der Waals surface area contributed by atoms with E-state index in [0.29, 0.717) is 40.3 Å². The summed E-state index contributed by atoms with van der Waals surface area (Å²) in [5.74, 6) is -0.829. The Morgan fingerprint density at radius 2 is 1.96 bits per heavy atom. The number of imidazole rings is 1. The van der Waals surface area contributed by atoms with Crippen LogP contribution in [0.1, 0.15) is 66.7 Å². The molecule has 0 unspecified atom stereocenters. The van der Waals surface area contributed by atoms with Crippen LogP contribution in [0.15, 0.2) is 34.9 Å². The van der Waals surface area contributed by atoms with Crippen LogP contribution in [0.2, 0.25) is 4.34 Å². The molecule has 46 heavy (non-hydrogen) atoms. The molecule has 248 valence electrons. The fraction of sp³-hybridized carbons (Fsp3) is 0.484. The summed E-state index contributed by atoms with van der Waals surface area (Å²) >= 11 is 7.41. The molecule has 3 aromatic heterocycles. The fourth-order valence-corrected chi connectivity index (χ4v) is 6.53. The van der Waals surface area contributed by atoms with E-state index in [1.807, 2.05) is 6.92 Å². The number of hydrogen-bond acceptors (Lipinski definition) is 8. The minimum atomic E-state index is -4.63. The molecule has 1 saturated heterocycles. The van der Waals surface area contributed by atoms with Crippen LogP contribution in [0, 0.1) is 0 Å². The number of rotatable bonds is 11. The Morgan fingerprint density at radius 1 is 1.22 bits per heavy atom. The molecule has 1 fully saturated rings. The van der Waals surface area contributed by atoms with Crippen LogP contribution in [-0.4, -0.2) is 87.9 Å². The van der Waals surface area contributed by atoms with Crippen molar-refractivity contribution < 1.29 is 32.0 Å². The molecule has 5 rings (SSSR count). The first kappa shape index (κ1) is 33.7. The van der Waals surface area contributed by atoms with Crippen molar-refractivity contribution in [2.75, 3.05) is 33.3 Å². The molecule has 0 bridgehead atoms. The molecular formula is C31H36ClF3N6O4S. The number of likely N-dealkylation sites (tertiary alicyclic amines) is 1. The summed E-state index contributed by atoms with van der Waals surface area (Å²) in [4.78, 5) is 36.7. The number of thiophene rings is 1. The van der Waals surface area contributed by atoms with E-state index in [-0.39, 0.29) is 35.2 Å². The molecule has 1 N–H and O–H groups in total. The number of hydrogen-bond donors (Lipinski definition) is 1. The van der Waals surface area contributed by atoms with Crippen LogP contribution in [0.3, 0.4) is 0 Å². The molecule has 0 aliphatic carbocycles. The highest BCUT2D eigenvalue weighted by Gasteiger charge is 2.32. The standard InChI is InChI=1S/C31H36ClF3N6O4S/c1-5-12-39(4)30(43)26-22(44-17-31(33,34)35)7-6-21-27(26)37-28(29(42)36-19-10-13-40(14-11-19)18(2)3)41(21)16-20-15-23(45-38-20)24-8-9-25(32)46-24/h6-9,15,18-19H,5,10-14,16-17H2,1-4H3,(H,36,42). The van der Waals surface area contributed by atoms with Gasteiger partial charge in [-0.3, -0.25) is 9.59 Å². The van der Waals surface area contributed by atoms with Crippen LogP contribution in [0.5, 0.6) is 5.75 Å². The van der Waals surface area contributed by atoms with Crippen LogP contribution >= 0.6 is 22.9 Å². The fourth-order valence-electron chi connectivity index (χ4n) is 5.54. The number of benzene rings is 1. The van der Waals surface area contributed by atoms with Gasteiger partial charge in [0.25, 0.3) is 11.8 Å². The smallest absolute Gasteiger partial charge is 0.422 e. The van der Waals surface area contributed by atoms with Crippen molar-refractivity contribution >= 4 is 45.8 Å². The maximum atomic E-state index is 13.9. The van der Waals surface area contributed by atoms with Crippen molar-refractivity contribution in [3.05, 3.63) is 51.7 Å². The summed E-state index contributed by atoms with van der Waals surface area (Å²) in [6.07, 6.45) is -2.50. The highest BCUT2D eigenvalue weighted by atomic mass is 35.5. The number of amides is 2. The minimum Gasteiger partial charge on any atom is -0.483 e. The first-order chi connectivity index (χ1) is 21.8. The molecule has 1 aromatic carbocycles. The van der Waals surface area contributed by atoms with Gasteiger partial charge in [-0.1, -0.05) is 23.7 Å². The zero-order valence-corrected chi connectivity index (χ0v) is 27.6. The molecule has 0 radical (unpaired) electrons. The number of aromatic nitrogens is 3. The molecule has 15 heteroatoms. The van der Waals surface area contributed by atoms with E-state index in [4.69, 9.17) is 20.9 Å². The predicted octanol–water partition coefficient (Wildman–Crippen LogP) is 6.48. The van der Waals surface area contributed by atoms with Gasteiger partial charge in [0.1, 0.15) is 22.5 Å². The zero-order valence-electron chi connectivity index (χ0n) is 26.0. The Bertz CT molecular complexity index is 1690. The number of nitrogens with zero attached hydrogens (tertiary/aromatic N) is 5. The number of alkyl halides is 3. The maximum Gasteiger partial charge on any atom is 0.422 e. The third-order valence-electron chi connectivity index (χ3n) is 7.89. The highest BCUT2D eigenvalue weighted by Crippen LogP contribution is 2.34. The molecule has 0 atom stereocenters. The summed E-state index contributed by atoms with van der Waals surface area (Å²) in [6, 6.07) is 8.38. The van der Waals surface area contributed by atoms with Gasteiger partial charge in [-0.05, 0) is 57.4 Å². The van der Waals surface area contributed by atoms with Gasteiger partial charge in [0.2, 0.25) is 0 Å². The van der Waals surface area contributed by atoms with Crippen LogP contribution in [-0.2, 0) is 6.54 Å². The van der Waals surface area contributed by atoms with E-state index in [0.717, 1.165) is 30.8 Å². The summed E-state index contributed by atoms with van der Waals surface area (Å²) < 4.78 is 52.4. The van der Waals surface area contributed by atoms with Crippen LogP contribution in [0.25, 0.3) is 21.7 Å². The lowest BCUT2D eigenvalue weighted by Gasteiger charge is -2.34. The third-order valence-corrected chi connectivity index (χ3v) is 9.13. The lowest BCUT2D eigenvalue weighted by Crippen LogP contribution is -2.47. The Labute approximate surface area is 273 Å². The van der Waals surface area contributed by atoms with Crippen molar-refractivity contribution in [1.29, 1.82) is 0 Å². The molecule has 4 aromatic rings. The Balaban J connectivity index is 1.57. The Morgan fingerprint density at radius 3 is 2.59 bits per heavy atom. The van der Waals surface area contributed by atoms with Crippen LogP contribution < -0.4 is 10.1 Å². The topological polar surface area (TPSA) is 106 Å². The van der Waals surface area contributed by atoms with Gasteiger partial charge in [0.05, 0.1) is 21.3 Å². The molecule has 1 aliphatic rings. The number of carbonyl (C=O) groups is 2. The first-order valence-electron chi connectivity index (χ1n) is 15.1. The lowest BCUT2D eigenvalue weighted by atomic mass is 10.0. The third kappa shape index (κ3) is 7.67. The second-order valence-corrected chi connectivity index (χ2v) is 13.3. The summed E-state index contributed by atoms with van der Waals surface area (Å²) in [5, 5.41) is 7.27. The largest absolute Gasteiger partial charge is 0.483 e. The average molecular weight is 681 g/mol. The Hall–Kier alpha value is -3.62. The molecular weight excluding hydrogens is 645 g/mol. The van der Waals surface area contributed by atoms with E-state index >= 15 is 0 Å². The van der Waals surface area contributed by atoms with Gasteiger partial charge in [-0.15, -0.1) is 11.3 Å². The van der Waals surface area contributed by atoms with Gasteiger partial charge >= 0.3 is 6.18 Å². The summed E-state index contributed by atoms with van der Waals surface area (Å²) in [5.41, 5.74) is 0.730. The lowest BCUT2D eigenvalue weighted by molar-refractivity contribution is -0.153. The quantitative estimate of drug-likeness (QED) is 0.193. The van der Waals surface area contributed by atoms with E-state index in [1.165, 1.54) is 28.4 Å². The number of nitrogens with one attached hydrogen (secondary N) is 1. The van der Waals surface area contributed by atoms with Crippen molar-refractivity contribution in [2.45, 2.75) is 64.8 Å². The van der Waals surface area contributed by atoms with Crippen LogP contribution in [0.4, 0.5) is 13.2 Å². The Kier molecular flexibility index (Phi) is 10.3. The molecule has 10 nitrogen and oxygen atoms in total. The number of halogens is 4. The second-order valence-electron chi connectivity index (χ2n) is 11.6. The minimum absolute atomic E-state index is 0.00910. The average Bonchev–Trinajstić information content (AvgIpc) is 3.74. The molecule has 4 heterocycles. The SMILES string of the molecule is CCCN(C)C(=O)c1c(OCC(F)(F)F)ccc2c1nc(C(=O)NC1CCN(C(C)C)CC1)n2Cc1cc(-c2ccc(Cl)s2)on1. The maximum absolute atomic E-state index is 13.9. The van der Waals surface area contributed by atoms with E-state index in [1.54, 1.807) is 29.8 Å². The first-order valence-corrected chi connectivity index (χ1v) is 16.3.